The molecular formula is C15H19N3S. The van der Waals surface area contributed by atoms with E-state index in [1.54, 1.807) is 12.1 Å². The maximum Gasteiger partial charge on any atom is 0.171 e. The van der Waals surface area contributed by atoms with Crippen molar-refractivity contribution >= 4 is 23.0 Å². The maximum atomic E-state index is 8.87. The van der Waals surface area contributed by atoms with Crippen LogP contribution in [0.5, 0.6) is 0 Å². The van der Waals surface area contributed by atoms with Crippen molar-refractivity contribution in [2.24, 2.45) is 5.92 Å². The predicted molar refractivity (Wildman–Crippen MR) is 81.9 cm³/mol. The Hall–Kier alpha value is -1.60. The van der Waals surface area contributed by atoms with Crippen molar-refractivity contribution in [2.45, 2.75) is 38.6 Å². The van der Waals surface area contributed by atoms with Gasteiger partial charge in [-0.25, -0.2) is 0 Å². The van der Waals surface area contributed by atoms with Gasteiger partial charge in [0.25, 0.3) is 0 Å². The van der Waals surface area contributed by atoms with Gasteiger partial charge in [-0.15, -0.1) is 0 Å². The molecule has 2 rings (SSSR count). The number of rotatable bonds is 2. The molecule has 0 unspecified atom stereocenters. The summed E-state index contributed by atoms with van der Waals surface area (Å²) in [4.78, 5) is 0. The van der Waals surface area contributed by atoms with Crippen LogP contribution in [0.1, 0.15) is 38.2 Å². The molecule has 100 valence electrons. The summed E-state index contributed by atoms with van der Waals surface area (Å²) in [6, 6.07) is 9.95. The number of nitrogens with one attached hydrogen (secondary N) is 2. The van der Waals surface area contributed by atoms with Gasteiger partial charge in [-0.1, -0.05) is 25.8 Å². The lowest BCUT2D eigenvalue weighted by Gasteiger charge is -2.30. The van der Waals surface area contributed by atoms with Crippen LogP contribution in [-0.2, 0) is 0 Å². The van der Waals surface area contributed by atoms with Gasteiger partial charge in [0.2, 0.25) is 0 Å². The Kier molecular flexibility index (Phi) is 4.75. The lowest BCUT2D eigenvalue weighted by molar-refractivity contribution is 0.309. The van der Waals surface area contributed by atoms with E-state index in [0.29, 0.717) is 22.6 Å². The van der Waals surface area contributed by atoms with Crippen LogP contribution in [0.15, 0.2) is 24.3 Å². The fourth-order valence-electron chi connectivity index (χ4n) is 2.53. The summed E-state index contributed by atoms with van der Waals surface area (Å²) in [6.07, 6.45) is 5.05. The number of nitrogens with zero attached hydrogens (tertiary/aromatic N) is 1. The molecule has 2 atom stereocenters. The van der Waals surface area contributed by atoms with E-state index in [4.69, 9.17) is 17.5 Å². The molecule has 1 fully saturated rings. The van der Waals surface area contributed by atoms with Crippen molar-refractivity contribution in [1.82, 2.24) is 5.32 Å². The molecule has 0 heterocycles. The normalized spacial score (nSPS) is 22.3. The first kappa shape index (κ1) is 13.8. The number of anilines is 1. The molecule has 19 heavy (non-hydrogen) atoms. The van der Waals surface area contributed by atoms with Gasteiger partial charge in [0, 0.05) is 11.7 Å². The van der Waals surface area contributed by atoms with Gasteiger partial charge >= 0.3 is 0 Å². The molecule has 0 amide bonds. The smallest absolute Gasteiger partial charge is 0.171 e. The second kappa shape index (κ2) is 6.53. The van der Waals surface area contributed by atoms with Gasteiger partial charge in [-0.05, 0) is 49.2 Å². The molecule has 3 nitrogen and oxygen atoms in total. The van der Waals surface area contributed by atoms with Gasteiger partial charge in [-0.2, -0.15) is 5.26 Å². The van der Waals surface area contributed by atoms with Gasteiger partial charge in [-0.3, -0.25) is 0 Å². The molecule has 0 aromatic heterocycles. The SMILES string of the molecule is C[C@H]1CCCC[C@@H]1NC(=S)Nc1cccc(C#N)c1. The second-order valence-corrected chi connectivity index (χ2v) is 5.57. The van der Waals surface area contributed by atoms with Crippen molar-refractivity contribution in [3.63, 3.8) is 0 Å². The third-order valence-corrected chi connectivity index (χ3v) is 3.90. The monoisotopic (exact) mass is 273 g/mol. The summed E-state index contributed by atoms with van der Waals surface area (Å²) in [6.45, 7) is 2.27. The number of hydrogen-bond donors (Lipinski definition) is 2. The van der Waals surface area contributed by atoms with Crippen LogP contribution in [0, 0.1) is 17.2 Å². The van der Waals surface area contributed by atoms with Crippen molar-refractivity contribution in [3.05, 3.63) is 29.8 Å². The first-order chi connectivity index (χ1) is 9.19. The standard InChI is InChI=1S/C15H19N3S/c1-11-5-2-3-8-14(11)18-15(19)17-13-7-4-6-12(9-13)10-16/h4,6-7,9,11,14H,2-3,5,8H2,1H3,(H2,17,18,19)/t11-,14-/m0/s1. The van der Waals surface area contributed by atoms with Gasteiger partial charge in [0.1, 0.15) is 0 Å². The number of benzene rings is 1. The lowest BCUT2D eigenvalue weighted by atomic mass is 9.86. The molecule has 0 radical (unpaired) electrons. The second-order valence-electron chi connectivity index (χ2n) is 5.16. The fourth-order valence-corrected chi connectivity index (χ4v) is 2.80. The minimum Gasteiger partial charge on any atom is -0.359 e. The van der Waals surface area contributed by atoms with Crippen LogP contribution in [0.25, 0.3) is 0 Å². The Balaban J connectivity index is 1.91. The van der Waals surface area contributed by atoms with E-state index in [9.17, 15) is 0 Å². The summed E-state index contributed by atoms with van der Waals surface area (Å²) in [7, 11) is 0. The lowest BCUT2D eigenvalue weighted by Crippen LogP contribution is -2.43. The highest BCUT2D eigenvalue weighted by atomic mass is 32.1. The summed E-state index contributed by atoms with van der Waals surface area (Å²) < 4.78 is 0. The Morgan fingerprint density at radius 1 is 1.37 bits per heavy atom. The van der Waals surface area contributed by atoms with Crippen molar-refractivity contribution < 1.29 is 0 Å². The predicted octanol–water partition coefficient (Wildman–Crippen LogP) is 3.42. The Bertz CT molecular complexity index is 492. The van der Waals surface area contributed by atoms with Gasteiger partial charge in [0.05, 0.1) is 11.6 Å². The number of hydrogen-bond acceptors (Lipinski definition) is 2. The van der Waals surface area contributed by atoms with Crippen molar-refractivity contribution in [3.8, 4) is 6.07 Å². The first-order valence-corrected chi connectivity index (χ1v) is 7.17. The third kappa shape index (κ3) is 3.93. The number of nitriles is 1. The molecule has 1 aromatic carbocycles. The quantitative estimate of drug-likeness (QED) is 0.811. The summed E-state index contributed by atoms with van der Waals surface area (Å²) in [5, 5.41) is 16.1. The molecule has 1 saturated carbocycles. The number of thiocarbonyl (C=S) groups is 1. The summed E-state index contributed by atoms with van der Waals surface area (Å²) in [5.41, 5.74) is 1.50. The molecule has 1 aliphatic carbocycles. The van der Waals surface area contributed by atoms with Crippen molar-refractivity contribution in [1.29, 1.82) is 5.26 Å². The van der Waals surface area contributed by atoms with Crippen LogP contribution in [0.2, 0.25) is 0 Å². The van der Waals surface area contributed by atoms with E-state index >= 15 is 0 Å². The third-order valence-electron chi connectivity index (χ3n) is 3.68. The molecule has 1 aromatic rings. The highest BCUT2D eigenvalue weighted by Gasteiger charge is 2.21. The highest BCUT2D eigenvalue weighted by Crippen LogP contribution is 2.23. The van der Waals surface area contributed by atoms with E-state index in [0.717, 1.165) is 5.69 Å². The van der Waals surface area contributed by atoms with Crippen LogP contribution < -0.4 is 10.6 Å². The zero-order valence-electron chi connectivity index (χ0n) is 11.1. The summed E-state index contributed by atoms with van der Waals surface area (Å²) in [5.74, 6) is 0.666. The Morgan fingerprint density at radius 3 is 2.89 bits per heavy atom. The summed E-state index contributed by atoms with van der Waals surface area (Å²) >= 11 is 5.34. The Morgan fingerprint density at radius 2 is 2.16 bits per heavy atom. The minimum absolute atomic E-state index is 0.466. The first-order valence-electron chi connectivity index (χ1n) is 6.76. The van der Waals surface area contributed by atoms with E-state index in [1.165, 1.54) is 25.7 Å². The van der Waals surface area contributed by atoms with E-state index in [-0.39, 0.29) is 0 Å². The average Bonchev–Trinajstić information content (AvgIpc) is 2.41. The zero-order chi connectivity index (χ0) is 13.7. The minimum atomic E-state index is 0.466. The topological polar surface area (TPSA) is 47.8 Å². The molecule has 0 aliphatic heterocycles. The Labute approximate surface area is 120 Å². The van der Waals surface area contributed by atoms with E-state index < -0.39 is 0 Å². The van der Waals surface area contributed by atoms with Gasteiger partial charge < -0.3 is 10.6 Å². The zero-order valence-corrected chi connectivity index (χ0v) is 12.0. The largest absolute Gasteiger partial charge is 0.359 e. The molecule has 1 aliphatic rings. The van der Waals surface area contributed by atoms with Crippen LogP contribution in [-0.4, -0.2) is 11.2 Å². The molecule has 0 bridgehead atoms. The van der Waals surface area contributed by atoms with E-state index in [1.807, 2.05) is 12.1 Å². The van der Waals surface area contributed by atoms with Crippen LogP contribution in [0.4, 0.5) is 5.69 Å². The highest BCUT2D eigenvalue weighted by molar-refractivity contribution is 7.80. The molecule has 0 spiro atoms. The van der Waals surface area contributed by atoms with E-state index in [2.05, 4.69) is 23.6 Å². The van der Waals surface area contributed by atoms with Gasteiger partial charge in [0.15, 0.2) is 5.11 Å². The molecule has 2 N–H and O–H groups in total. The average molecular weight is 273 g/mol. The molecule has 4 heteroatoms. The molecule has 0 saturated heterocycles. The van der Waals surface area contributed by atoms with Crippen LogP contribution in [0.3, 0.4) is 0 Å². The maximum absolute atomic E-state index is 8.87. The van der Waals surface area contributed by atoms with Crippen LogP contribution >= 0.6 is 12.2 Å². The molecular weight excluding hydrogens is 254 g/mol. The van der Waals surface area contributed by atoms with Crippen molar-refractivity contribution in [2.75, 3.05) is 5.32 Å². The fraction of sp³-hybridized carbons (Fsp3) is 0.467.